The zero-order valence-corrected chi connectivity index (χ0v) is 14.3. The molecule has 1 aliphatic heterocycles. The maximum absolute atomic E-state index is 12.2. The Labute approximate surface area is 135 Å². The summed E-state index contributed by atoms with van der Waals surface area (Å²) in [5.41, 5.74) is 0. The minimum absolute atomic E-state index is 0.281. The summed E-state index contributed by atoms with van der Waals surface area (Å²) in [6.45, 7) is 4.67. The Morgan fingerprint density at radius 2 is 2.24 bits per heavy atom. The predicted octanol–water partition coefficient (Wildman–Crippen LogP) is 4.26. The Morgan fingerprint density at radius 1 is 1.43 bits per heavy atom. The molecule has 0 aliphatic carbocycles. The van der Waals surface area contributed by atoms with E-state index in [4.69, 9.17) is 4.74 Å². The van der Waals surface area contributed by atoms with Gasteiger partial charge >= 0.3 is 0 Å². The Balaban J connectivity index is 1.68. The minimum Gasteiger partial charge on any atom is -0.492 e. The fourth-order valence-electron chi connectivity index (χ4n) is 2.75. The summed E-state index contributed by atoms with van der Waals surface area (Å²) in [6.07, 6.45) is 4.95. The van der Waals surface area contributed by atoms with Crippen molar-refractivity contribution >= 4 is 21.8 Å². The molecule has 0 bridgehead atoms. The van der Waals surface area contributed by atoms with Crippen molar-refractivity contribution in [2.75, 3.05) is 19.7 Å². The number of likely N-dealkylation sites (tertiary alicyclic amines) is 1. The molecule has 1 amide bonds. The van der Waals surface area contributed by atoms with Gasteiger partial charge in [0.15, 0.2) is 0 Å². The highest BCUT2D eigenvalue weighted by atomic mass is 79.9. The van der Waals surface area contributed by atoms with Gasteiger partial charge in [0.25, 0.3) is 0 Å². The Kier molecular flexibility index (Phi) is 6.55. The topological polar surface area (TPSA) is 29.5 Å². The Bertz CT molecular complexity index is 464. The van der Waals surface area contributed by atoms with Crippen molar-refractivity contribution < 1.29 is 9.53 Å². The lowest BCUT2D eigenvalue weighted by Gasteiger charge is -2.32. The van der Waals surface area contributed by atoms with Gasteiger partial charge < -0.3 is 9.64 Å². The van der Waals surface area contributed by atoms with Gasteiger partial charge in [-0.25, -0.2) is 0 Å². The molecule has 0 saturated carbocycles. The second kappa shape index (κ2) is 8.42. The van der Waals surface area contributed by atoms with E-state index < -0.39 is 0 Å². The number of hydrogen-bond donors (Lipinski definition) is 0. The molecule has 0 spiro atoms. The summed E-state index contributed by atoms with van der Waals surface area (Å²) in [6, 6.07) is 7.80. The molecular weight excluding hydrogens is 330 g/mol. The van der Waals surface area contributed by atoms with Crippen LogP contribution in [-0.4, -0.2) is 30.5 Å². The average Bonchev–Trinajstić information content (AvgIpc) is 2.53. The molecule has 0 radical (unpaired) electrons. The summed E-state index contributed by atoms with van der Waals surface area (Å²) < 4.78 is 6.66. The molecule has 0 aromatic heterocycles. The molecule has 1 fully saturated rings. The number of halogens is 1. The predicted molar refractivity (Wildman–Crippen MR) is 88.5 cm³/mol. The van der Waals surface area contributed by atoms with E-state index in [2.05, 4.69) is 22.9 Å². The number of para-hydroxylation sites is 1. The molecule has 1 unspecified atom stereocenters. The Hall–Kier alpha value is -1.03. The normalized spacial score (nSPS) is 18.6. The lowest BCUT2D eigenvalue weighted by Crippen LogP contribution is -2.39. The largest absolute Gasteiger partial charge is 0.492 e. The van der Waals surface area contributed by atoms with Crippen molar-refractivity contribution in [1.82, 2.24) is 4.90 Å². The first-order valence-corrected chi connectivity index (χ1v) is 8.65. The number of nitrogens with zero attached hydrogens (tertiary/aromatic N) is 1. The molecule has 1 aromatic rings. The summed E-state index contributed by atoms with van der Waals surface area (Å²) in [5.74, 6) is 1.82. The number of carbonyl (C=O) groups excluding carboxylic acids is 1. The standard InChI is InChI=1S/C17H24BrNO2/c1-2-14-7-5-11-19(13-14)17(20)10-6-12-21-16-9-4-3-8-15(16)18/h3-4,8-9,14H,2,5-7,10-13H2,1H3. The van der Waals surface area contributed by atoms with E-state index in [1.165, 1.54) is 12.8 Å². The van der Waals surface area contributed by atoms with Crippen LogP contribution in [0.2, 0.25) is 0 Å². The molecule has 116 valence electrons. The fourth-order valence-corrected chi connectivity index (χ4v) is 3.15. The molecule has 4 heteroatoms. The third kappa shape index (κ3) is 5.03. The van der Waals surface area contributed by atoms with Gasteiger partial charge in [0.05, 0.1) is 11.1 Å². The van der Waals surface area contributed by atoms with Crippen LogP contribution < -0.4 is 4.74 Å². The first-order valence-electron chi connectivity index (χ1n) is 7.85. The first-order chi connectivity index (χ1) is 10.2. The van der Waals surface area contributed by atoms with Crippen LogP contribution in [0.4, 0.5) is 0 Å². The molecule has 1 saturated heterocycles. The van der Waals surface area contributed by atoms with Gasteiger partial charge in [-0.15, -0.1) is 0 Å². The molecule has 1 heterocycles. The van der Waals surface area contributed by atoms with E-state index in [0.29, 0.717) is 18.9 Å². The highest BCUT2D eigenvalue weighted by Crippen LogP contribution is 2.24. The smallest absolute Gasteiger partial charge is 0.222 e. The number of benzene rings is 1. The van der Waals surface area contributed by atoms with Gasteiger partial charge in [0.2, 0.25) is 5.91 Å². The maximum Gasteiger partial charge on any atom is 0.222 e. The third-order valence-electron chi connectivity index (χ3n) is 4.08. The van der Waals surface area contributed by atoms with Gasteiger partial charge in [-0.2, -0.15) is 0 Å². The SMILES string of the molecule is CCC1CCCN(C(=O)CCCOc2ccccc2Br)C1. The van der Waals surface area contributed by atoms with Crippen molar-refractivity contribution in [3.63, 3.8) is 0 Å². The molecule has 1 aromatic carbocycles. The van der Waals surface area contributed by atoms with Crippen molar-refractivity contribution in [2.24, 2.45) is 5.92 Å². The number of ether oxygens (including phenoxy) is 1. The Morgan fingerprint density at radius 3 is 3.00 bits per heavy atom. The zero-order valence-electron chi connectivity index (χ0n) is 12.7. The van der Waals surface area contributed by atoms with Crippen molar-refractivity contribution in [3.05, 3.63) is 28.7 Å². The van der Waals surface area contributed by atoms with Crippen LogP contribution in [0.1, 0.15) is 39.0 Å². The quantitative estimate of drug-likeness (QED) is 0.715. The van der Waals surface area contributed by atoms with Crippen LogP contribution in [-0.2, 0) is 4.79 Å². The fraction of sp³-hybridized carbons (Fsp3) is 0.588. The first kappa shape index (κ1) is 16.3. The summed E-state index contributed by atoms with van der Waals surface area (Å²) in [4.78, 5) is 14.2. The molecule has 1 atom stereocenters. The number of carbonyl (C=O) groups is 1. The van der Waals surface area contributed by atoms with Gasteiger partial charge in [-0.05, 0) is 53.2 Å². The van der Waals surface area contributed by atoms with E-state index in [1.54, 1.807) is 0 Å². The van der Waals surface area contributed by atoms with Gasteiger partial charge in [0, 0.05) is 19.5 Å². The number of rotatable bonds is 6. The minimum atomic E-state index is 0.281. The van der Waals surface area contributed by atoms with E-state index in [-0.39, 0.29) is 5.91 Å². The van der Waals surface area contributed by atoms with Gasteiger partial charge in [0.1, 0.15) is 5.75 Å². The monoisotopic (exact) mass is 353 g/mol. The van der Waals surface area contributed by atoms with Gasteiger partial charge in [-0.3, -0.25) is 4.79 Å². The number of hydrogen-bond acceptors (Lipinski definition) is 2. The summed E-state index contributed by atoms with van der Waals surface area (Å²) >= 11 is 3.45. The maximum atomic E-state index is 12.2. The highest BCUT2D eigenvalue weighted by Gasteiger charge is 2.21. The molecule has 21 heavy (non-hydrogen) atoms. The van der Waals surface area contributed by atoms with Gasteiger partial charge in [-0.1, -0.05) is 25.5 Å². The summed E-state index contributed by atoms with van der Waals surface area (Å²) in [7, 11) is 0. The molecule has 3 nitrogen and oxygen atoms in total. The van der Waals surface area contributed by atoms with Crippen LogP contribution in [0, 0.1) is 5.92 Å². The lowest BCUT2D eigenvalue weighted by molar-refractivity contribution is -0.133. The highest BCUT2D eigenvalue weighted by molar-refractivity contribution is 9.10. The van der Waals surface area contributed by atoms with E-state index in [9.17, 15) is 4.79 Å². The second-order valence-corrected chi connectivity index (χ2v) is 6.49. The molecule has 2 rings (SSSR count). The van der Waals surface area contributed by atoms with Crippen molar-refractivity contribution in [1.29, 1.82) is 0 Å². The molecular formula is C17H24BrNO2. The van der Waals surface area contributed by atoms with E-state index in [0.717, 1.165) is 36.2 Å². The van der Waals surface area contributed by atoms with E-state index in [1.807, 2.05) is 29.2 Å². The third-order valence-corrected chi connectivity index (χ3v) is 4.73. The van der Waals surface area contributed by atoms with Crippen LogP contribution in [0.15, 0.2) is 28.7 Å². The van der Waals surface area contributed by atoms with E-state index >= 15 is 0 Å². The van der Waals surface area contributed by atoms with Crippen LogP contribution >= 0.6 is 15.9 Å². The zero-order chi connectivity index (χ0) is 15.1. The second-order valence-electron chi connectivity index (χ2n) is 5.64. The number of amides is 1. The van der Waals surface area contributed by atoms with Crippen molar-refractivity contribution in [2.45, 2.75) is 39.0 Å². The molecule has 1 aliphatic rings. The van der Waals surface area contributed by atoms with Crippen LogP contribution in [0.3, 0.4) is 0 Å². The molecule has 0 N–H and O–H groups in total. The number of piperidine rings is 1. The van der Waals surface area contributed by atoms with Crippen molar-refractivity contribution in [3.8, 4) is 5.75 Å². The van der Waals surface area contributed by atoms with Crippen LogP contribution in [0.5, 0.6) is 5.75 Å². The lowest BCUT2D eigenvalue weighted by atomic mass is 9.95. The average molecular weight is 354 g/mol. The van der Waals surface area contributed by atoms with Crippen LogP contribution in [0.25, 0.3) is 0 Å². The summed E-state index contributed by atoms with van der Waals surface area (Å²) in [5, 5.41) is 0.